The maximum Gasteiger partial charge on any atom is 0.239 e. The zero-order chi connectivity index (χ0) is 20.3. The fourth-order valence-corrected chi connectivity index (χ4v) is 3.33. The third-order valence-corrected chi connectivity index (χ3v) is 5.16. The molecule has 3 rings (SSSR count). The van der Waals surface area contributed by atoms with Gasteiger partial charge in [0.15, 0.2) is 0 Å². The Morgan fingerprint density at radius 3 is 2.32 bits per heavy atom. The van der Waals surface area contributed by atoms with Crippen LogP contribution in [0.4, 0.5) is 15.8 Å². The van der Waals surface area contributed by atoms with Gasteiger partial charge in [0.2, 0.25) is 11.8 Å². The summed E-state index contributed by atoms with van der Waals surface area (Å²) in [5, 5.41) is 2.54. The average Bonchev–Trinajstić information content (AvgIpc) is 2.69. The molecule has 28 heavy (non-hydrogen) atoms. The Hall–Kier alpha value is -2.89. The summed E-state index contributed by atoms with van der Waals surface area (Å²) in [5.74, 6) is -1.28. The zero-order valence-electron chi connectivity index (χ0n) is 16.5. The van der Waals surface area contributed by atoms with E-state index in [0.29, 0.717) is 26.2 Å². The van der Waals surface area contributed by atoms with Crippen LogP contribution in [0, 0.1) is 18.2 Å². The third-order valence-electron chi connectivity index (χ3n) is 5.16. The van der Waals surface area contributed by atoms with E-state index in [4.69, 9.17) is 0 Å². The van der Waals surface area contributed by atoms with Gasteiger partial charge >= 0.3 is 0 Å². The Labute approximate surface area is 165 Å². The van der Waals surface area contributed by atoms with Crippen LogP contribution < -0.4 is 10.2 Å². The quantitative estimate of drug-likeness (QED) is 0.823. The molecular formula is C22H26FN3O2. The van der Waals surface area contributed by atoms with Gasteiger partial charge in [0.05, 0.1) is 5.69 Å². The van der Waals surface area contributed by atoms with Gasteiger partial charge < -0.3 is 15.1 Å². The largest absolute Gasteiger partial charge is 0.368 e. The summed E-state index contributed by atoms with van der Waals surface area (Å²) in [6, 6.07) is 14.2. The summed E-state index contributed by atoms with van der Waals surface area (Å²) < 4.78 is 13.8. The second-order valence-electron chi connectivity index (χ2n) is 7.68. The maximum atomic E-state index is 13.8. The lowest BCUT2D eigenvalue weighted by Crippen LogP contribution is -2.54. The summed E-state index contributed by atoms with van der Waals surface area (Å²) in [4.78, 5) is 29.6. The first-order valence-corrected chi connectivity index (χ1v) is 9.46. The zero-order valence-corrected chi connectivity index (χ0v) is 16.5. The number of nitrogens with zero attached hydrogens (tertiary/aromatic N) is 2. The molecule has 1 fully saturated rings. The van der Waals surface area contributed by atoms with E-state index in [1.807, 2.05) is 6.07 Å². The first kappa shape index (κ1) is 19.9. The van der Waals surface area contributed by atoms with Crippen LogP contribution in [-0.4, -0.2) is 42.9 Å². The fourth-order valence-electron chi connectivity index (χ4n) is 3.33. The van der Waals surface area contributed by atoms with Crippen LogP contribution in [0.3, 0.4) is 0 Å². The number of amides is 2. The first-order chi connectivity index (χ1) is 13.3. The highest BCUT2D eigenvalue weighted by Crippen LogP contribution is 2.25. The molecule has 5 nitrogen and oxygen atoms in total. The molecule has 0 unspecified atom stereocenters. The molecule has 1 heterocycles. The molecule has 148 valence electrons. The normalized spacial score (nSPS) is 14.7. The molecule has 0 bridgehead atoms. The molecule has 2 amide bonds. The summed E-state index contributed by atoms with van der Waals surface area (Å²) >= 11 is 0. The van der Waals surface area contributed by atoms with Crippen LogP contribution >= 0.6 is 0 Å². The number of hydrogen-bond donors (Lipinski definition) is 1. The predicted octanol–water partition coefficient (Wildman–Crippen LogP) is 3.45. The van der Waals surface area contributed by atoms with E-state index in [9.17, 15) is 14.0 Å². The molecule has 0 aromatic heterocycles. The first-order valence-electron chi connectivity index (χ1n) is 9.46. The van der Waals surface area contributed by atoms with E-state index in [0.717, 1.165) is 5.69 Å². The van der Waals surface area contributed by atoms with Gasteiger partial charge in [0, 0.05) is 31.9 Å². The highest BCUT2D eigenvalue weighted by atomic mass is 19.1. The van der Waals surface area contributed by atoms with Crippen molar-refractivity contribution in [3.63, 3.8) is 0 Å². The number of carbonyl (C=O) groups excluding carboxylic acids is 2. The lowest BCUT2D eigenvalue weighted by Gasteiger charge is -2.39. The van der Waals surface area contributed by atoms with Crippen LogP contribution in [0.2, 0.25) is 0 Å². The summed E-state index contributed by atoms with van der Waals surface area (Å²) in [7, 11) is 0. The van der Waals surface area contributed by atoms with Gasteiger partial charge in [-0.25, -0.2) is 4.39 Å². The predicted molar refractivity (Wildman–Crippen MR) is 109 cm³/mol. The molecular weight excluding hydrogens is 357 g/mol. The van der Waals surface area contributed by atoms with Crippen molar-refractivity contribution in [3.8, 4) is 0 Å². The number of rotatable bonds is 4. The van der Waals surface area contributed by atoms with Crippen molar-refractivity contribution < 1.29 is 14.0 Å². The van der Waals surface area contributed by atoms with E-state index >= 15 is 0 Å². The van der Waals surface area contributed by atoms with Crippen molar-refractivity contribution in [1.29, 1.82) is 0 Å². The second-order valence-corrected chi connectivity index (χ2v) is 7.68. The SMILES string of the molecule is Cc1cccc(N2CCN(C(=O)C(C)(C)C(=O)Nc3ccccc3F)CC2)c1. The van der Waals surface area contributed by atoms with Crippen LogP contribution in [0.1, 0.15) is 19.4 Å². The number of para-hydroxylation sites is 1. The molecule has 1 aliphatic heterocycles. The molecule has 0 aliphatic carbocycles. The van der Waals surface area contributed by atoms with E-state index in [1.165, 1.54) is 17.7 Å². The number of benzene rings is 2. The number of carbonyl (C=O) groups is 2. The van der Waals surface area contributed by atoms with Gasteiger partial charge in [-0.05, 0) is 50.6 Å². The molecule has 0 radical (unpaired) electrons. The van der Waals surface area contributed by atoms with Gasteiger partial charge in [-0.3, -0.25) is 9.59 Å². The molecule has 6 heteroatoms. The Kier molecular flexibility index (Phi) is 5.68. The van der Waals surface area contributed by atoms with Gasteiger partial charge in [0.1, 0.15) is 11.2 Å². The Morgan fingerprint density at radius 2 is 1.68 bits per heavy atom. The summed E-state index contributed by atoms with van der Waals surface area (Å²) in [6.07, 6.45) is 0. The van der Waals surface area contributed by atoms with E-state index < -0.39 is 17.1 Å². The lowest BCUT2D eigenvalue weighted by molar-refractivity contribution is -0.146. The smallest absolute Gasteiger partial charge is 0.239 e. The van der Waals surface area contributed by atoms with Gasteiger partial charge in [-0.2, -0.15) is 0 Å². The lowest BCUT2D eigenvalue weighted by atomic mass is 9.89. The molecule has 0 spiro atoms. The number of aryl methyl sites for hydroxylation is 1. The van der Waals surface area contributed by atoms with Gasteiger partial charge in [-0.1, -0.05) is 24.3 Å². The van der Waals surface area contributed by atoms with E-state index in [2.05, 4.69) is 35.3 Å². The number of nitrogens with one attached hydrogen (secondary N) is 1. The van der Waals surface area contributed by atoms with Gasteiger partial charge in [-0.15, -0.1) is 0 Å². The van der Waals surface area contributed by atoms with Crippen LogP contribution in [0.5, 0.6) is 0 Å². The topological polar surface area (TPSA) is 52.7 Å². The maximum absolute atomic E-state index is 13.8. The van der Waals surface area contributed by atoms with Gasteiger partial charge in [0.25, 0.3) is 0 Å². The molecule has 1 aliphatic rings. The number of piperazine rings is 1. The van der Waals surface area contributed by atoms with Crippen molar-refractivity contribution in [2.75, 3.05) is 36.4 Å². The Balaban J connectivity index is 1.63. The highest BCUT2D eigenvalue weighted by Gasteiger charge is 2.40. The number of halogens is 1. The van der Waals surface area contributed by atoms with Crippen LogP contribution in [0.25, 0.3) is 0 Å². The number of anilines is 2. The van der Waals surface area contributed by atoms with Crippen molar-refractivity contribution in [3.05, 3.63) is 59.9 Å². The van der Waals surface area contributed by atoms with Crippen LogP contribution in [0.15, 0.2) is 48.5 Å². The minimum atomic E-state index is -1.28. The summed E-state index contributed by atoms with van der Waals surface area (Å²) in [5.41, 5.74) is 1.14. The molecule has 2 aromatic carbocycles. The second kappa shape index (κ2) is 8.00. The molecule has 1 N–H and O–H groups in total. The van der Waals surface area contributed by atoms with Crippen molar-refractivity contribution >= 4 is 23.2 Å². The highest BCUT2D eigenvalue weighted by molar-refractivity contribution is 6.09. The average molecular weight is 383 g/mol. The fraction of sp³-hybridized carbons (Fsp3) is 0.364. The standard InChI is InChI=1S/C22H26FN3O2/c1-16-7-6-8-17(15-16)25-11-13-26(14-12-25)21(28)22(2,3)20(27)24-19-10-5-4-9-18(19)23/h4-10,15H,11-14H2,1-3H3,(H,24,27). The summed E-state index contributed by atoms with van der Waals surface area (Å²) in [6.45, 7) is 7.73. The molecule has 2 aromatic rings. The van der Waals surface area contributed by atoms with E-state index in [1.54, 1.807) is 30.9 Å². The molecule has 0 atom stereocenters. The number of hydrogen-bond acceptors (Lipinski definition) is 3. The minimum Gasteiger partial charge on any atom is -0.368 e. The monoisotopic (exact) mass is 383 g/mol. The van der Waals surface area contributed by atoms with Crippen molar-refractivity contribution in [1.82, 2.24) is 4.90 Å². The van der Waals surface area contributed by atoms with Crippen LogP contribution in [-0.2, 0) is 9.59 Å². The molecule has 0 saturated carbocycles. The van der Waals surface area contributed by atoms with E-state index in [-0.39, 0.29) is 11.6 Å². The van der Waals surface area contributed by atoms with Crippen molar-refractivity contribution in [2.24, 2.45) is 5.41 Å². The Bertz CT molecular complexity index is 874. The van der Waals surface area contributed by atoms with Crippen molar-refractivity contribution in [2.45, 2.75) is 20.8 Å². The minimum absolute atomic E-state index is 0.0811. The Morgan fingerprint density at radius 1 is 1.00 bits per heavy atom. The molecule has 1 saturated heterocycles. The third kappa shape index (κ3) is 4.16.